The minimum absolute atomic E-state index is 0.220. The van der Waals surface area contributed by atoms with E-state index in [0.29, 0.717) is 27.4 Å². The molecule has 3 rings (SSSR count). The van der Waals surface area contributed by atoms with Crippen LogP contribution < -0.4 is 4.72 Å². The van der Waals surface area contributed by atoms with E-state index >= 15 is 0 Å². The molecule has 0 aliphatic rings. The van der Waals surface area contributed by atoms with E-state index in [0.717, 1.165) is 10.1 Å². The Hall–Kier alpha value is -2.09. The van der Waals surface area contributed by atoms with Crippen LogP contribution in [0.3, 0.4) is 0 Å². The van der Waals surface area contributed by atoms with Crippen molar-refractivity contribution in [3.8, 4) is 0 Å². The summed E-state index contributed by atoms with van der Waals surface area (Å²) in [6.45, 7) is 3.42. The molecule has 3 aromatic rings. The number of hydrogen-bond acceptors (Lipinski definition) is 5. The zero-order valence-corrected chi connectivity index (χ0v) is 16.7. The Kier molecular flexibility index (Phi) is 4.96. The van der Waals surface area contributed by atoms with Gasteiger partial charge in [-0.2, -0.15) is 0 Å². The summed E-state index contributed by atoms with van der Waals surface area (Å²) >= 11 is 7.20. The van der Waals surface area contributed by atoms with E-state index in [1.807, 2.05) is 0 Å². The number of sulfonamides is 1. The Morgan fingerprint density at radius 2 is 1.88 bits per heavy atom. The van der Waals surface area contributed by atoms with Gasteiger partial charge in [-0.05, 0) is 60.7 Å². The molecule has 0 fully saturated rings. The first-order chi connectivity index (χ1) is 12.2. The minimum Gasteiger partial charge on any atom is -0.465 e. The molecule has 0 unspecified atom stereocenters. The number of rotatable bonds is 4. The fraction of sp³-hybridized carbons (Fsp3) is 0.167. The number of carbonyl (C=O) groups is 1. The average molecular weight is 410 g/mol. The lowest BCUT2D eigenvalue weighted by atomic mass is 10.1. The lowest BCUT2D eigenvalue weighted by Crippen LogP contribution is -2.15. The summed E-state index contributed by atoms with van der Waals surface area (Å²) in [6.07, 6.45) is 0. The van der Waals surface area contributed by atoms with Crippen LogP contribution in [0.4, 0.5) is 5.69 Å². The fourth-order valence-electron chi connectivity index (χ4n) is 2.70. The Bertz CT molecular complexity index is 1120. The highest BCUT2D eigenvalue weighted by Crippen LogP contribution is 2.36. The predicted octanol–water partition coefficient (Wildman–Crippen LogP) is 4.76. The van der Waals surface area contributed by atoms with Crippen molar-refractivity contribution < 1.29 is 17.9 Å². The third kappa shape index (κ3) is 3.30. The first-order valence-electron chi connectivity index (χ1n) is 7.64. The van der Waals surface area contributed by atoms with Gasteiger partial charge in [0.05, 0.1) is 18.4 Å². The SMILES string of the molecule is COC(=O)c1cccc(NS(=O)(=O)c2sc3ccc(Cl)cc3c2C)c1C. The smallest absolute Gasteiger partial charge is 0.338 e. The van der Waals surface area contributed by atoms with Crippen molar-refractivity contribution in [2.24, 2.45) is 0 Å². The maximum atomic E-state index is 12.9. The second-order valence-electron chi connectivity index (χ2n) is 5.73. The average Bonchev–Trinajstić information content (AvgIpc) is 2.93. The van der Waals surface area contributed by atoms with Crippen LogP contribution in [-0.2, 0) is 14.8 Å². The van der Waals surface area contributed by atoms with E-state index in [4.69, 9.17) is 16.3 Å². The third-order valence-electron chi connectivity index (χ3n) is 4.08. The van der Waals surface area contributed by atoms with Crippen LogP contribution >= 0.6 is 22.9 Å². The first-order valence-corrected chi connectivity index (χ1v) is 10.3. The van der Waals surface area contributed by atoms with E-state index in [1.165, 1.54) is 18.4 Å². The number of halogens is 1. The molecule has 0 amide bonds. The molecule has 2 aromatic carbocycles. The fourth-order valence-corrected chi connectivity index (χ4v) is 5.74. The van der Waals surface area contributed by atoms with Gasteiger partial charge in [-0.1, -0.05) is 17.7 Å². The monoisotopic (exact) mass is 409 g/mol. The zero-order chi connectivity index (χ0) is 19.1. The van der Waals surface area contributed by atoms with Gasteiger partial charge in [0.1, 0.15) is 4.21 Å². The normalized spacial score (nSPS) is 11.5. The van der Waals surface area contributed by atoms with Gasteiger partial charge in [0.15, 0.2) is 0 Å². The van der Waals surface area contributed by atoms with E-state index in [2.05, 4.69) is 4.72 Å². The highest BCUT2D eigenvalue weighted by Gasteiger charge is 2.23. The molecule has 136 valence electrons. The Morgan fingerprint density at radius 1 is 1.15 bits per heavy atom. The molecule has 0 atom stereocenters. The highest BCUT2D eigenvalue weighted by molar-refractivity contribution is 7.94. The second kappa shape index (κ2) is 6.90. The van der Waals surface area contributed by atoms with Gasteiger partial charge in [-0.15, -0.1) is 11.3 Å². The number of benzene rings is 2. The highest BCUT2D eigenvalue weighted by atomic mass is 35.5. The number of nitrogens with one attached hydrogen (secondary N) is 1. The van der Waals surface area contributed by atoms with Crippen LogP contribution in [0.1, 0.15) is 21.5 Å². The largest absolute Gasteiger partial charge is 0.465 e. The van der Waals surface area contributed by atoms with Crippen molar-refractivity contribution in [1.29, 1.82) is 0 Å². The van der Waals surface area contributed by atoms with Gasteiger partial charge in [0, 0.05) is 9.72 Å². The van der Waals surface area contributed by atoms with Crippen molar-refractivity contribution in [2.45, 2.75) is 18.1 Å². The maximum Gasteiger partial charge on any atom is 0.338 e. The van der Waals surface area contributed by atoms with Crippen LogP contribution in [0.25, 0.3) is 10.1 Å². The zero-order valence-electron chi connectivity index (χ0n) is 14.3. The van der Waals surface area contributed by atoms with E-state index in [1.54, 1.807) is 50.2 Å². The molecule has 0 saturated carbocycles. The van der Waals surface area contributed by atoms with Gasteiger partial charge in [0.25, 0.3) is 10.0 Å². The molecule has 0 bridgehead atoms. The van der Waals surface area contributed by atoms with Gasteiger partial charge < -0.3 is 4.74 Å². The molecular weight excluding hydrogens is 394 g/mol. The standard InChI is InChI=1S/C18H16ClNO4S2/c1-10-13(17(21)24-3)5-4-6-15(10)20-26(22,23)18-11(2)14-9-12(19)7-8-16(14)25-18/h4-9,20H,1-3H3. The van der Waals surface area contributed by atoms with Crippen molar-refractivity contribution in [1.82, 2.24) is 0 Å². The molecule has 8 heteroatoms. The minimum atomic E-state index is -3.82. The maximum absolute atomic E-state index is 12.9. The number of methoxy groups -OCH3 is 1. The lowest BCUT2D eigenvalue weighted by molar-refractivity contribution is 0.0600. The Morgan fingerprint density at radius 3 is 2.58 bits per heavy atom. The van der Waals surface area contributed by atoms with Crippen LogP contribution in [0.15, 0.2) is 40.6 Å². The summed E-state index contributed by atoms with van der Waals surface area (Å²) < 4.78 is 34.2. The topological polar surface area (TPSA) is 72.5 Å². The van der Waals surface area contributed by atoms with Crippen LogP contribution in [-0.4, -0.2) is 21.5 Å². The van der Waals surface area contributed by atoms with Crippen LogP contribution in [0.5, 0.6) is 0 Å². The molecule has 5 nitrogen and oxygen atoms in total. The van der Waals surface area contributed by atoms with Crippen LogP contribution in [0.2, 0.25) is 5.02 Å². The number of thiophene rings is 1. The second-order valence-corrected chi connectivity index (χ2v) is 9.10. The van der Waals surface area contributed by atoms with Gasteiger partial charge in [0.2, 0.25) is 0 Å². The van der Waals surface area contributed by atoms with Gasteiger partial charge in [-0.25, -0.2) is 13.2 Å². The molecule has 1 aromatic heterocycles. The molecule has 0 aliphatic heterocycles. The Labute approximate surface area is 160 Å². The molecule has 0 radical (unpaired) electrons. The summed E-state index contributed by atoms with van der Waals surface area (Å²) in [6, 6.07) is 10.1. The number of carbonyl (C=O) groups excluding carboxylic acids is 1. The molecular formula is C18H16ClNO4S2. The number of ether oxygens (including phenoxy) is 1. The third-order valence-corrected chi connectivity index (χ3v) is 7.58. The summed E-state index contributed by atoms with van der Waals surface area (Å²) in [4.78, 5) is 11.8. The van der Waals surface area contributed by atoms with Gasteiger partial charge in [-0.3, -0.25) is 4.72 Å². The first kappa shape index (κ1) is 18.7. The van der Waals surface area contributed by atoms with E-state index in [9.17, 15) is 13.2 Å². The number of fused-ring (bicyclic) bond motifs is 1. The molecule has 0 aliphatic carbocycles. The van der Waals surface area contributed by atoms with Crippen molar-refractivity contribution in [3.05, 3.63) is 58.1 Å². The molecule has 1 heterocycles. The molecule has 1 N–H and O–H groups in total. The van der Waals surface area contributed by atoms with Crippen molar-refractivity contribution in [3.63, 3.8) is 0 Å². The van der Waals surface area contributed by atoms with Crippen molar-refractivity contribution >= 4 is 54.7 Å². The predicted molar refractivity (Wildman–Crippen MR) is 105 cm³/mol. The lowest BCUT2D eigenvalue weighted by Gasteiger charge is -2.12. The number of anilines is 1. The number of hydrogen-bond donors (Lipinski definition) is 1. The van der Waals surface area contributed by atoms with E-state index in [-0.39, 0.29) is 4.21 Å². The summed E-state index contributed by atoms with van der Waals surface area (Å²) in [5.41, 5.74) is 1.79. The summed E-state index contributed by atoms with van der Waals surface area (Å²) in [5, 5.41) is 1.36. The Balaban J connectivity index is 2.06. The molecule has 0 spiro atoms. The summed E-state index contributed by atoms with van der Waals surface area (Å²) in [7, 11) is -2.54. The number of aryl methyl sites for hydroxylation is 1. The van der Waals surface area contributed by atoms with Gasteiger partial charge >= 0.3 is 5.97 Å². The quantitative estimate of drug-likeness (QED) is 0.630. The van der Waals surface area contributed by atoms with Crippen LogP contribution in [0, 0.1) is 13.8 Å². The van der Waals surface area contributed by atoms with Crippen molar-refractivity contribution in [2.75, 3.05) is 11.8 Å². The molecule has 0 saturated heterocycles. The number of esters is 1. The molecule has 26 heavy (non-hydrogen) atoms. The van der Waals surface area contributed by atoms with E-state index < -0.39 is 16.0 Å². The summed E-state index contributed by atoms with van der Waals surface area (Å²) in [5.74, 6) is -0.517.